The molecule has 3 rings (SSSR count). The number of aromatic nitrogens is 2. The number of rotatable bonds is 2. The quantitative estimate of drug-likeness (QED) is 0.858. The molecule has 5 heteroatoms. The van der Waals surface area contributed by atoms with Crippen LogP contribution in [0.4, 0.5) is 0 Å². The molecule has 0 unspecified atom stereocenters. The lowest BCUT2D eigenvalue weighted by atomic mass is 9.97. The molecule has 1 aromatic heterocycles. The van der Waals surface area contributed by atoms with Crippen LogP contribution in [0.5, 0.6) is 5.75 Å². The topological polar surface area (TPSA) is 61.3 Å². The number of phenols is 1. The van der Waals surface area contributed by atoms with Gasteiger partial charge in [-0.2, -0.15) is 0 Å². The Labute approximate surface area is 111 Å². The molecule has 102 valence electrons. The number of piperidine rings is 1. The van der Waals surface area contributed by atoms with Crippen molar-refractivity contribution in [2.24, 2.45) is 5.92 Å². The molecule has 0 saturated carbocycles. The van der Waals surface area contributed by atoms with E-state index in [1.165, 1.54) is 0 Å². The summed E-state index contributed by atoms with van der Waals surface area (Å²) in [5.41, 5.74) is 1.50. The number of imidazole rings is 1. The van der Waals surface area contributed by atoms with Gasteiger partial charge < -0.3 is 15.0 Å². The van der Waals surface area contributed by atoms with Gasteiger partial charge in [0.25, 0.3) is 0 Å². The molecule has 0 spiro atoms. The van der Waals surface area contributed by atoms with E-state index in [4.69, 9.17) is 0 Å². The van der Waals surface area contributed by atoms with Gasteiger partial charge in [-0.25, -0.2) is 4.79 Å². The number of hydrogen-bond acceptors (Lipinski definition) is 3. The number of H-pyrrole nitrogens is 1. The summed E-state index contributed by atoms with van der Waals surface area (Å²) in [6.07, 6.45) is 2.24. The Morgan fingerprint density at radius 1 is 1.37 bits per heavy atom. The lowest BCUT2D eigenvalue weighted by Crippen LogP contribution is -2.33. The number of aromatic amines is 1. The normalized spacial score (nSPS) is 18.2. The minimum Gasteiger partial charge on any atom is -0.508 e. The average Bonchev–Trinajstić information content (AvgIpc) is 2.69. The monoisotopic (exact) mass is 261 g/mol. The molecule has 0 amide bonds. The first-order valence-electron chi connectivity index (χ1n) is 6.73. The molecule has 0 radical (unpaired) electrons. The summed E-state index contributed by atoms with van der Waals surface area (Å²) in [4.78, 5) is 17.2. The Balaban J connectivity index is 1.90. The zero-order valence-corrected chi connectivity index (χ0v) is 11.1. The van der Waals surface area contributed by atoms with Crippen molar-refractivity contribution in [3.05, 3.63) is 28.7 Å². The maximum Gasteiger partial charge on any atom is 0.326 e. The van der Waals surface area contributed by atoms with Crippen LogP contribution in [0.15, 0.2) is 23.0 Å². The SMILES string of the molecule is CN1CCC(Cn2c(=O)[nH]c3ccc(O)cc32)CC1. The number of nitrogens with one attached hydrogen (secondary N) is 1. The van der Waals surface area contributed by atoms with Gasteiger partial charge in [-0.15, -0.1) is 0 Å². The second kappa shape index (κ2) is 4.74. The van der Waals surface area contributed by atoms with Gasteiger partial charge in [0, 0.05) is 12.6 Å². The molecule has 1 aromatic carbocycles. The van der Waals surface area contributed by atoms with Gasteiger partial charge in [0.2, 0.25) is 0 Å². The number of fused-ring (bicyclic) bond motifs is 1. The third kappa shape index (κ3) is 2.38. The van der Waals surface area contributed by atoms with E-state index in [-0.39, 0.29) is 11.4 Å². The molecule has 1 fully saturated rings. The minimum atomic E-state index is -0.0838. The molecule has 1 saturated heterocycles. The van der Waals surface area contributed by atoms with Crippen LogP contribution in [-0.2, 0) is 6.54 Å². The van der Waals surface area contributed by atoms with Crippen molar-refractivity contribution < 1.29 is 5.11 Å². The van der Waals surface area contributed by atoms with E-state index < -0.39 is 0 Å². The molecule has 1 aliphatic rings. The van der Waals surface area contributed by atoms with Gasteiger partial charge in [0.1, 0.15) is 5.75 Å². The van der Waals surface area contributed by atoms with Crippen LogP contribution in [0.25, 0.3) is 11.0 Å². The van der Waals surface area contributed by atoms with E-state index in [1.807, 2.05) is 0 Å². The van der Waals surface area contributed by atoms with Crippen LogP contribution in [0.2, 0.25) is 0 Å². The minimum absolute atomic E-state index is 0.0838. The summed E-state index contributed by atoms with van der Waals surface area (Å²) < 4.78 is 1.76. The Bertz CT molecular complexity index is 636. The van der Waals surface area contributed by atoms with E-state index in [1.54, 1.807) is 22.8 Å². The molecule has 1 aliphatic heterocycles. The van der Waals surface area contributed by atoms with Crippen molar-refractivity contribution in [1.82, 2.24) is 14.5 Å². The third-order valence-electron chi connectivity index (χ3n) is 4.04. The molecule has 0 aliphatic carbocycles. The van der Waals surface area contributed by atoms with E-state index >= 15 is 0 Å². The highest BCUT2D eigenvalue weighted by Crippen LogP contribution is 2.21. The highest BCUT2D eigenvalue weighted by atomic mass is 16.3. The van der Waals surface area contributed by atoms with Crippen LogP contribution in [0, 0.1) is 5.92 Å². The number of likely N-dealkylation sites (tertiary alicyclic amines) is 1. The molecule has 2 N–H and O–H groups in total. The lowest BCUT2D eigenvalue weighted by molar-refractivity contribution is 0.205. The number of benzene rings is 1. The largest absolute Gasteiger partial charge is 0.508 e. The van der Waals surface area contributed by atoms with E-state index in [0.29, 0.717) is 5.92 Å². The molecule has 2 heterocycles. The highest BCUT2D eigenvalue weighted by molar-refractivity contribution is 5.76. The van der Waals surface area contributed by atoms with Crippen LogP contribution < -0.4 is 5.69 Å². The standard InChI is InChI=1S/C14H19N3O2/c1-16-6-4-10(5-7-16)9-17-13-8-11(18)2-3-12(13)15-14(17)19/h2-3,8,10,18H,4-7,9H2,1H3,(H,15,19). The summed E-state index contributed by atoms with van der Waals surface area (Å²) in [5, 5.41) is 9.57. The van der Waals surface area contributed by atoms with Crippen molar-refractivity contribution in [1.29, 1.82) is 0 Å². The smallest absolute Gasteiger partial charge is 0.326 e. The van der Waals surface area contributed by atoms with Gasteiger partial charge in [-0.3, -0.25) is 4.57 Å². The molecule has 0 atom stereocenters. The number of hydrogen-bond donors (Lipinski definition) is 2. The van der Waals surface area contributed by atoms with Crippen molar-refractivity contribution in [3.8, 4) is 5.75 Å². The molecule has 5 nitrogen and oxygen atoms in total. The molecular formula is C14H19N3O2. The summed E-state index contributed by atoms with van der Waals surface area (Å²) in [5.74, 6) is 0.735. The average molecular weight is 261 g/mol. The predicted octanol–water partition coefficient (Wildman–Crippen LogP) is 1.38. The van der Waals surface area contributed by atoms with E-state index in [9.17, 15) is 9.90 Å². The fourth-order valence-electron chi connectivity index (χ4n) is 2.83. The lowest BCUT2D eigenvalue weighted by Gasteiger charge is -2.28. The van der Waals surface area contributed by atoms with Crippen molar-refractivity contribution in [2.75, 3.05) is 20.1 Å². The first-order chi connectivity index (χ1) is 9.13. The van der Waals surface area contributed by atoms with E-state index in [0.717, 1.165) is 43.5 Å². The Kier molecular flexibility index (Phi) is 3.06. The molecule has 19 heavy (non-hydrogen) atoms. The van der Waals surface area contributed by atoms with Crippen LogP contribution >= 0.6 is 0 Å². The van der Waals surface area contributed by atoms with Crippen LogP contribution in [0.1, 0.15) is 12.8 Å². The highest BCUT2D eigenvalue weighted by Gasteiger charge is 2.19. The maximum absolute atomic E-state index is 12.0. The van der Waals surface area contributed by atoms with Crippen molar-refractivity contribution >= 4 is 11.0 Å². The summed E-state index contributed by atoms with van der Waals surface area (Å²) >= 11 is 0. The van der Waals surface area contributed by atoms with E-state index in [2.05, 4.69) is 16.9 Å². The fraction of sp³-hybridized carbons (Fsp3) is 0.500. The first-order valence-corrected chi connectivity index (χ1v) is 6.73. The second-order valence-electron chi connectivity index (χ2n) is 5.49. The predicted molar refractivity (Wildman–Crippen MR) is 74.4 cm³/mol. The third-order valence-corrected chi connectivity index (χ3v) is 4.04. The molecule has 2 aromatic rings. The van der Waals surface area contributed by atoms with Crippen LogP contribution in [-0.4, -0.2) is 39.7 Å². The molecular weight excluding hydrogens is 242 g/mol. The summed E-state index contributed by atoms with van der Waals surface area (Å²) in [6.45, 7) is 2.91. The zero-order valence-electron chi connectivity index (χ0n) is 11.1. The van der Waals surface area contributed by atoms with Gasteiger partial charge in [-0.1, -0.05) is 0 Å². The maximum atomic E-state index is 12.0. The summed E-state index contributed by atoms with van der Waals surface area (Å²) in [6, 6.07) is 5.00. The Hall–Kier alpha value is -1.75. The fourth-order valence-corrected chi connectivity index (χ4v) is 2.83. The zero-order chi connectivity index (χ0) is 13.4. The first kappa shape index (κ1) is 12.3. The Morgan fingerprint density at radius 3 is 2.84 bits per heavy atom. The second-order valence-corrected chi connectivity index (χ2v) is 5.49. The van der Waals surface area contributed by atoms with Crippen LogP contribution in [0.3, 0.4) is 0 Å². The Morgan fingerprint density at radius 2 is 2.11 bits per heavy atom. The number of phenolic OH excluding ortho intramolecular Hbond substituents is 1. The van der Waals surface area contributed by atoms with Gasteiger partial charge in [0.15, 0.2) is 0 Å². The van der Waals surface area contributed by atoms with Crippen molar-refractivity contribution in [3.63, 3.8) is 0 Å². The molecule has 0 bridgehead atoms. The van der Waals surface area contributed by atoms with Gasteiger partial charge in [-0.05, 0) is 51.0 Å². The number of aromatic hydroxyl groups is 1. The summed E-state index contributed by atoms with van der Waals surface area (Å²) in [7, 11) is 2.13. The van der Waals surface area contributed by atoms with Gasteiger partial charge >= 0.3 is 5.69 Å². The van der Waals surface area contributed by atoms with Crippen molar-refractivity contribution in [2.45, 2.75) is 19.4 Å². The van der Waals surface area contributed by atoms with Gasteiger partial charge in [0.05, 0.1) is 11.0 Å². The number of nitrogens with zero attached hydrogens (tertiary/aromatic N) is 2.